The van der Waals surface area contributed by atoms with Crippen LogP contribution < -0.4 is 0 Å². The van der Waals surface area contributed by atoms with E-state index in [1.807, 2.05) is 0 Å². The zero-order valence-corrected chi connectivity index (χ0v) is 16.0. The van der Waals surface area contributed by atoms with Crippen molar-refractivity contribution in [3.8, 4) is 5.69 Å². The largest absolute Gasteiger partial charge is 0.416 e. The van der Waals surface area contributed by atoms with Gasteiger partial charge in [0.2, 0.25) is 5.82 Å². The van der Waals surface area contributed by atoms with Crippen LogP contribution in [0.3, 0.4) is 0 Å². The van der Waals surface area contributed by atoms with E-state index >= 15 is 0 Å². The Balaban J connectivity index is 1.56. The lowest BCUT2D eigenvalue weighted by Gasteiger charge is -2.21. The van der Waals surface area contributed by atoms with E-state index in [0.717, 1.165) is 25.0 Å². The van der Waals surface area contributed by atoms with Crippen molar-refractivity contribution >= 4 is 5.91 Å². The maximum absolute atomic E-state index is 13.2. The topological polar surface area (TPSA) is 51.0 Å². The van der Waals surface area contributed by atoms with Crippen molar-refractivity contribution in [1.82, 2.24) is 19.7 Å². The molecule has 1 aliphatic carbocycles. The zero-order chi connectivity index (χ0) is 21.5. The van der Waals surface area contributed by atoms with E-state index in [2.05, 4.69) is 10.1 Å². The third-order valence-corrected chi connectivity index (χ3v) is 4.91. The van der Waals surface area contributed by atoms with E-state index in [9.17, 15) is 22.4 Å². The van der Waals surface area contributed by atoms with Crippen molar-refractivity contribution in [1.29, 1.82) is 0 Å². The molecule has 156 valence electrons. The van der Waals surface area contributed by atoms with Crippen LogP contribution in [-0.4, -0.2) is 31.6 Å². The number of aromatic nitrogens is 3. The molecule has 3 aromatic rings. The molecule has 0 radical (unpaired) electrons. The highest BCUT2D eigenvalue weighted by Gasteiger charge is 2.35. The number of benzene rings is 2. The van der Waals surface area contributed by atoms with E-state index < -0.39 is 11.7 Å². The molecule has 1 heterocycles. The minimum Gasteiger partial charge on any atom is -0.329 e. The number of hydrogen-bond donors (Lipinski definition) is 0. The predicted molar refractivity (Wildman–Crippen MR) is 100 cm³/mol. The van der Waals surface area contributed by atoms with Crippen LogP contribution in [0.4, 0.5) is 17.6 Å². The summed E-state index contributed by atoms with van der Waals surface area (Å²) >= 11 is 0. The van der Waals surface area contributed by atoms with Gasteiger partial charge in [-0.2, -0.15) is 13.2 Å². The average Bonchev–Trinajstić information content (AvgIpc) is 3.47. The van der Waals surface area contributed by atoms with Crippen LogP contribution in [0.1, 0.15) is 40.4 Å². The van der Waals surface area contributed by atoms with E-state index in [0.29, 0.717) is 17.1 Å². The molecule has 0 N–H and O–H groups in total. The summed E-state index contributed by atoms with van der Waals surface area (Å²) in [6, 6.07) is 10.4. The minimum absolute atomic E-state index is 0.00404. The molecule has 0 unspecified atom stereocenters. The quantitative estimate of drug-likeness (QED) is 0.572. The van der Waals surface area contributed by atoms with Gasteiger partial charge in [0, 0.05) is 12.6 Å². The summed E-state index contributed by atoms with van der Waals surface area (Å²) in [5.74, 6) is -0.309. The van der Waals surface area contributed by atoms with Gasteiger partial charge >= 0.3 is 6.18 Å². The van der Waals surface area contributed by atoms with Gasteiger partial charge in [0.25, 0.3) is 5.91 Å². The Morgan fingerprint density at radius 3 is 2.30 bits per heavy atom. The molecule has 0 aliphatic heterocycles. The monoisotopic (exact) mass is 418 g/mol. The van der Waals surface area contributed by atoms with E-state index in [1.165, 1.54) is 41.1 Å². The second-order valence-electron chi connectivity index (χ2n) is 7.23. The third kappa shape index (κ3) is 4.19. The number of rotatable bonds is 5. The van der Waals surface area contributed by atoms with Gasteiger partial charge in [-0.1, -0.05) is 12.1 Å². The van der Waals surface area contributed by atoms with Crippen LogP contribution >= 0.6 is 0 Å². The summed E-state index contributed by atoms with van der Waals surface area (Å²) in [7, 11) is 0. The van der Waals surface area contributed by atoms with Crippen molar-refractivity contribution in [2.45, 2.75) is 38.5 Å². The Kier molecular flexibility index (Phi) is 5.05. The van der Waals surface area contributed by atoms with E-state index in [1.54, 1.807) is 11.8 Å². The fourth-order valence-corrected chi connectivity index (χ4v) is 3.18. The molecular formula is C21H18F4N4O. The lowest BCUT2D eigenvalue weighted by Crippen LogP contribution is -2.33. The standard InChI is InChI=1S/C21H18F4N4O/c1-13-26-19(27-29(13)18-8-6-16(22)7-9-18)20(30)28(17-10-11-17)12-14-2-4-15(5-3-14)21(23,24)25/h2-9,17H,10-12H2,1H3. The number of alkyl halides is 3. The van der Waals surface area contributed by atoms with Gasteiger partial charge in [0.15, 0.2) is 0 Å². The first-order chi connectivity index (χ1) is 14.2. The van der Waals surface area contributed by atoms with Crippen LogP contribution in [0, 0.1) is 12.7 Å². The predicted octanol–water partition coefficient (Wildman–Crippen LogP) is 4.54. The maximum atomic E-state index is 13.2. The molecule has 2 aromatic carbocycles. The van der Waals surface area contributed by atoms with E-state index in [4.69, 9.17) is 0 Å². The van der Waals surface area contributed by atoms with Gasteiger partial charge in [-0.05, 0) is 61.7 Å². The molecule has 1 amide bonds. The zero-order valence-electron chi connectivity index (χ0n) is 16.0. The summed E-state index contributed by atoms with van der Waals surface area (Å²) in [5, 5.41) is 4.27. The average molecular weight is 418 g/mol. The Hall–Kier alpha value is -3.23. The molecule has 1 saturated carbocycles. The van der Waals surface area contributed by atoms with E-state index in [-0.39, 0.29) is 30.1 Å². The highest BCUT2D eigenvalue weighted by Crippen LogP contribution is 2.32. The second kappa shape index (κ2) is 7.55. The molecule has 9 heteroatoms. The summed E-state index contributed by atoms with van der Waals surface area (Å²) in [6.07, 6.45) is -2.76. The SMILES string of the molecule is Cc1nc(C(=O)N(Cc2ccc(C(F)(F)F)cc2)C2CC2)nn1-c1ccc(F)cc1. The van der Waals surface area contributed by atoms with Gasteiger partial charge in [-0.25, -0.2) is 14.1 Å². The number of halogens is 4. The van der Waals surface area contributed by atoms with Crippen LogP contribution in [-0.2, 0) is 12.7 Å². The Labute approximate surface area is 170 Å². The third-order valence-electron chi connectivity index (χ3n) is 4.91. The van der Waals surface area contributed by atoms with Crippen molar-refractivity contribution in [2.75, 3.05) is 0 Å². The molecule has 0 atom stereocenters. The number of amides is 1. The van der Waals surface area contributed by atoms with Crippen molar-refractivity contribution in [2.24, 2.45) is 0 Å². The van der Waals surface area contributed by atoms with Crippen LogP contribution in [0.25, 0.3) is 5.69 Å². The van der Waals surface area contributed by atoms with Gasteiger partial charge < -0.3 is 4.90 Å². The summed E-state index contributed by atoms with van der Waals surface area (Å²) < 4.78 is 52.9. The maximum Gasteiger partial charge on any atom is 0.416 e. The Morgan fingerprint density at radius 1 is 1.10 bits per heavy atom. The first-order valence-electron chi connectivity index (χ1n) is 9.39. The number of aryl methyl sites for hydroxylation is 1. The fourth-order valence-electron chi connectivity index (χ4n) is 3.18. The molecule has 1 fully saturated rings. The fraction of sp³-hybridized carbons (Fsp3) is 0.286. The van der Waals surface area contributed by atoms with Crippen LogP contribution in [0.15, 0.2) is 48.5 Å². The molecule has 30 heavy (non-hydrogen) atoms. The number of hydrogen-bond acceptors (Lipinski definition) is 3. The van der Waals surface area contributed by atoms with Gasteiger partial charge in [-0.3, -0.25) is 4.79 Å². The normalized spacial score (nSPS) is 14.0. The first-order valence-corrected chi connectivity index (χ1v) is 9.39. The van der Waals surface area contributed by atoms with Crippen LogP contribution in [0.5, 0.6) is 0 Å². The van der Waals surface area contributed by atoms with Gasteiger partial charge in [0.05, 0.1) is 11.3 Å². The smallest absolute Gasteiger partial charge is 0.329 e. The Morgan fingerprint density at radius 2 is 1.73 bits per heavy atom. The molecular weight excluding hydrogens is 400 g/mol. The molecule has 0 spiro atoms. The Bertz CT molecular complexity index is 1050. The summed E-state index contributed by atoms with van der Waals surface area (Å²) in [5.41, 5.74) is 0.435. The van der Waals surface area contributed by atoms with Gasteiger partial charge in [0.1, 0.15) is 11.6 Å². The number of carbonyl (C=O) groups excluding carboxylic acids is 1. The molecule has 1 aromatic heterocycles. The molecule has 1 aliphatic rings. The molecule has 5 nitrogen and oxygen atoms in total. The molecule has 0 saturated heterocycles. The van der Waals surface area contributed by atoms with Crippen molar-refractivity contribution < 1.29 is 22.4 Å². The van der Waals surface area contributed by atoms with Crippen LogP contribution in [0.2, 0.25) is 0 Å². The van der Waals surface area contributed by atoms with Crippen molar-refractivity contribution in [3.63, 3.8) is 0 Å². The lowest BCUT2D eigenvalue weighted by atomic mass is 10.1. The first kappa shape index (κ1) is 20.1. The molecule has 0 bridgehead atoms. The van der Waals surface area contributed by atoms with Crippen molar-refractivity contribution in [3.05, 3.63) is 77.1 Å². The highest BCUT2D eigenvalue weighted by atomic mass is 19.4. The molecule has 4 rings (SSSR count). The second-order valence-corrected chi connectivity index (χ2v) is 7.23. The van der Waals surface area contributed by atoms with Gasteiger partial charge in [-0.15, -0.1) is 5.10 Å². The number of carbonyl (C=O) groups is 1. The highest BCUT2D eigenvalue weighted by molar-refractivity contribution is 5.91. The number of nitrogens with zero attached hydrogens (tertiary/aromatic N) is 4. The minimum atomic E-state index is -4.40. The summed E-state index contributed by atoms with van der Waals surface area (Å²) in [6.45, 7) is 1.86. The lowest BCUT2D eigenvalue weighted by molar-refractivity contribution is -0.137. The summed E-state index contributed by atoms with van der Waals surface area (Å²) in [4.78, 5) is 18.9.